The lowest BCUT2D eigenvalue weighted by Gasteiger charge is -2.23. The van der Waals surface area contributed by atoms with Crippen molar-refractivity contribution >= 4 is 27.5 Å². The fourth-order valence-corrected chi connectivity index (χ4v) is 2.80. The van der Waals surface area contributed by atoms with Crippen LogP contribution < -0.4 is 4.74 Å². The van der Waals surface area contributed by atoms with Gasteiger partial charge in [-0.2, -0.15) is 0 Å². The molecule has 1 aliphatic carbocycles. The summed E-state index contributed by atoms with van der Waals surface area (Å²) >= 11 is 9.37. The van der Waals surface area contributed by atoms with E-state index in [1.807, 2.05) is 18.2 Å². The van der Waals surface area contributed by atoms with E-state index >= 15 is 0 Å². The molecule has 0 spiro atoms. The van der Waals surface area contributed by atoms with Crippen LogP contribution in [0, 0.1) is 0 Å². The van der Waals surface area contributed by atoms with Crippen molar-refractivity contribution in [3.63, 3.8) is 0 Å². The number of benzene rings is 1. The van der Waals surface area contributed by atoms with E-state index in [0.29, 0.717) is 6.10 Å². The molecule has 1 aromatic carbocycles. The molecule has 1 aromatic rings. The molecule has 0 heterocycles. The Bertz CT molecular complexity index is 314. The second-order valence-corrected chi connectivity index (χ2v) is 5.34. The van der Waals surface area contributed by atoms with Crippen LogP contribution in [0.2, 0.25) is 5.02 Å². The average molecular weight is 290 g/mol. The van der Waals surface area contributed by atoms with Gasteiger partial charge in [0.1, 0.15) is 5.75 Å². The lowest BCUT2D eigenvalue weighted by atomic mass is 9.98. The molecular weight excluding hydrogens is 275 g/mol. The highest BCUT2D eigenvalue weighted by Crippen LogP contribution is 2.28. The number of hydrogen-bond donors (Lipinski definition) is 0. The van der Waals surface area contributed by atoms with Crippen molar-refractivity contribution in [3.05, 3.63) is 27.7 Å². The summed E-state index contributed by atoms with van der Waals surface area (Å²) in [5.41, 5.74) is 0. The SMILES string of the molecule is Clc1cc(Br)cc(OC2CCCCC2)c1. The van der Waals surface area contributed by atoms with Gasteiger partial charge in [-0.3, -0.25) is 0 Å². The Morgan fingerprint density at radius 3 is 2.53 bits per heavy atom. The van der Waals surface area contributed by atoms with E-state index in [1.165, 1.54) is 32.1 Å². The summed E-state index contributed by atoms with van der Waals surface area (Å²) in [7, 11) is 0. The molecule has 2 rings (SSSR count). The molecule has 0 atom stereocenters. The highest BCUT2D eigenvalue weighted by atomic mass is 79.9. The minimum atomic E-state index is 0.379. The quantitative estimate of drug-likeness (QED) is 0.759. The van der Waals surface area contributed by atoms with Gasteiger partial charge in [0.25, 0.3) is 0 Å². The Kier molecular flexibility index (Phi) is 3.92. The molecule has 1 saturated carbocycles. The van der Waals surface area contributed by atoms with Crippen LogP contribution in [0.3, 0.4) is 0 Å². The third-order valence-electron chi connectivity index (χ3n) is 2.69. The minimum absolute atomic E-state index is 0.379. The van der Waals surface area contributed by atoms with Crippen LogP contribution in [-0.4, -0.2) is 6.10 Å². The third kappa shape index (κ3) is 3.39. The molecule has 0 aliphatic heterocycles. The van der Waals surface area contributed by atoms with Gasteiger partial charge < -0.3 is 4.74 Å². The van der Waals surface area contributed by atoms with E-state index in [9.17, 15) is 0 Å². The summed E-state index contributed by atoms with van der Waals surface area (Å²) in [6.45, 7) is 0. The smallest absolute Gasteiger partial charge is 0.122 e. The molecule has 82 valence electrons. The number of halogens is 2. The maximum Gasteiger partial charge on any atom is 0.122 e. The van der Waals surface area contributed by atoms with Crippen LogP contribution in [0.15, 0.2) is 22.7 Å². The van der Waals surface area contributed by atoms with Crippen molar-refractivity contribution < 1.29 is 4.74 Å². The van der Waals surface area contributed by atoms with Crippen LogP contribution >= 0.6 is 27.5 Å². The zero-order valence-electron chi connectivity index (χ0n) is 8.51. The number of rotatable bonds is 2. The molecule has 0 radical (unpaired) electrons. The monoisotopic (exact) mass is 288 g/mol. The topological polar surface area (TPSA) is 9.23 Å². The van der Waals surface area contributed by atoms with E-state index in [1.54, 1.807) is 0 Å². The van der Waals surface area contributed by atoms with Crippen LogP contribution in [0.1, 0.15) is 32.1 Å². The first-order chi connectivity index (χ1) is 7.24. The molecule has 0 N–H and O–H groups in total. The lowest BCUT2D eigenvalue weighted by Crippen LogP contribution is -2.19. The van der Waals surface area contributed by atoms with Crippen molar-refractivity contribution in [3.8, 4) is 5.75 Å². The average Bonchev–Trinajstić information content (AvgIpc) is 2.17. The van der Waals surface area contributed by atoms with Crippen LogP contribution in [0.5, 0.6) is 5.75 Å². The van der Waals surface area contributed by atoms with Gasteiger partial charge in [0.05, 0.1) is 6.10 Å². The second-order valence-electron chi connectivity index (χ2n) is 3.98. The van der Waals surface area contributed by atoms with Gasteiger partial charge in [0.2, 0.25) is 0 Å². The lowest BCUT2D eigenvalue weighted by molar-refractivity contribution is 0.155. The van der Waals surface area contributed by atoms with E-state index in [4.69, 9.17) is 16.3 Å². The zero-order valence-corrected chi connectivity index (χ0v) is 10.9. The van der Waals surface area contributed by atoms with Crippen LogP contribution in [0.25, 0.3) is 0 Å². The molecule has 1 fully saturated rings. The first-order valence-corrected chi connectivity index (χ1v) is 6.54. The van der Waals surface area contributed by atoms with Crippen molar-refractivity contribution in [1.82, 2.24) is 0 Å². The summed E-state index contributed by atoms with van der Waals surface area (Å²) < 4.78 is 6.88. The number of hydrogen-bond acceptors (Lipinski definition) is 1. The Hall–Kier alpha value is -0.210. The maximum atomic E-state index is 5.96. The fourth-order valence-electron chi connectivity index (χ4n) is 1.97. The van der Waals surface area contributed by atoms with E-state index in [-0.39, 0.29) is 0 Å². The molecule has 1 aliphatic rings. The first-order valence-electron chi connectivity index (χ1n) is 5.37. The molecule has 0 unspecified atom stereocenters. The molecule has 1 nitrogen and oxygen atoms in total. The highest BCUT2D eigenvalue weighted by Gasteiger charge is 2.14. The summed E-state index contributed by atoms with van der Waals surface area (Å²) in [5, 5.41) is 0.718. The standard InChI is InChI=1S/C12H14BrClO/c13-9-6-10(14)8-12(7-9)15-11-4-2-1-3-5-11/h6-8,11H,1-5H2. The third-order valence-corrected chi connectivity index (χ3v) is 3.37. The Balaban J connectivity index is 2.02. The Morgan fingerprint density at radius 2 is 1.87 bits per heavy atom. The number of ether oxygens (including phenoxy) is 1. The molecule has 15 heavy (non-hydrogen) atoms. The normalized spacial score (nSPS) is 17.7. The van der Waals surface area contributed by atoms with Gasteiger partial charge in [0.15, 0.2) is 0 Å². The minimum Gasteiger partial charge on any atom is -0.490 e. The van der Waals surface area contributed by atoms with Crippen molar-refractivity contribution in [2.45, 2.75) is 38.2 Å². The predicted molar refractivity (Wildman–Crippen MR) is 66.7 cm³/mol. The Labute approximate surface area is 104 Å². The van der Waals surface area contributed by atoms with Crippen molar-refractivity contribution in [2.75, 3.05) is 0 Å². The van der Waals surface area contributed by atoms with E-state index < -0.39 is 0 Å². The second kappa shape index (κ2) is 5.22. The summed E-state index contributed by atoms with van der Waals surface area (Å²) in [4.78, 5) is 0. The Morgan fingerprint density at radius 1 is 1.13 bits per heavy atom. The molecule has 0 saturated heterocycles. The van der Waals surface area contributed by atoms with E-state index in [0.717, 1.165) is 15.2 Å². The summed E-state index contributed by atoms with van der Waals surface area (Å²) in [6.07, 6.45) is 6.63. The zero-order chi connectivity index (χ0) is 10.7. The largest absolute Gasteiger partial charge is 0.490 e. The molecular formula is C12H14BrClO. The van der Waals surface area contributed by atoms with Gasteiger partial charge in [-0.05, 0) is 43.9 Å². The van der Waals surface area contributed by atoms with Crippen LogP contribution in [-0.2, 0) is 0 Å². The fraction of sp³-hybridized carbons (Fsp3) is 0.500. The molecule has 0 amide bonds. The van der Waals surface area contributed by atoms with Gasteiger partial charge in [-0.15, -0.1) is 0 Å². The van der Waals surface area contributed by atoms with Crippen molar-refractivity contribution in [2.24, 2.45) is 0 Å². The summed E-state index contributed by atoms with van der Waals surface area (Å²) in [5.74, 6) is 0.876. The van der Waals surface area contributed by atoms with Gasteiger partial charge >= 0.3 is 0 Å². The first kappa shape index (κ1) is 11.3. The molecule has 0 bridgehead atoms. The van der Waals surface area contributed by atoms with Gasteiger partial charge in [-0.25, -0.2) is 0 Å². The molecule has 3 heteroatoms. The van der Waals surface area contributed by atoms with Gasteiger partial charge in [-0.1, -0.05) is 34.0 Å². The van der Waals surface area contributed by atoms with Crippen molar-refractivity contribution in [1.29, 1.82) is 0 Å². The van der Waals surface area contributed by atoms with Crippen LogP contribution in [0.4, 0.5) is 0 Å². The maximum absolute atomic E-state index is 5.96. The molecule has 0 aromatic heterocycles. The van der Waals surface area contributed by atoms with E-state index in [2.05, 4.69) is 15.9 Å². The van der Waals surface area contributed by atoms with Gasteiger partial charge in [0, 0.05) is 9.50 Å². The summed E-state index contributed by atoms with van der Waals surface area (Å²) in [6, 6.07) is 5.72. The predicted octanol–water partition coefficient (Wildman–Crippen LogP) is 4.81. The highest BCUT2D eigenvalue weighted by molar-refractivity contribution is 9.10.